The van der Waals surface area contributed by atoms with Gasteiger partial charge in [-0.3, -0.25) is 4.79 Å². The third-order valence-electron chi connectivity index (χ3n) is 3.75. The zero-order valence-electron chi connectivity index (χ0n) is 14.7. The summed E-state index contributed by atoms with van der Waals surface area (Å²) in [7, 11) is 5.04. The molecule has 1 amide bonds. The van der Waals surface area contributed by atoms with Gasteiger partial charge in [0.1, 0.15) is 11.5 Å². The lowest BCUT2D eigenvalue weighted by atomic mass is 10.1. The highest BCUT2D eigenvalue weighted by molar-refractivity contribution is 7.99. The van der Waals surface area contributed by atoms with Gasteiger partial charge in [0.2, 0.25) is 0 Å². The third-order valence-corrected chi connectivity index (χ3v) is 4.84. The first kappa shape index (κ1) is 17.9. The lowest BCUT2D eigenvalue weighted by Crippen LogP contribution is -2.13. The first-order chi connectivity index (χ1) is 12.6. The van der Waals surface area contributed by atoms with Gasteiger partial charge in [0.05, 0.1) is 19.8 Å². The van der Waals surface area contributed by atoms with Crippen LogP contribution in [-0.2, 0) is 7.05 Å². The molecule has 134 valence electrons. The van der Waals surface area contributed by atoms with Crippen LogP contribution in [0.15, 0.2) is 64.9 Å². The van der Waals surface area contributed by atoms with E-state index in [1.54, 1.807) is 43.3 Å². The smallest absolute Gasteiger partial charge is 0.259 e. The number of rotatable bonds is 6. The Morgan fingerprint density at radius 2 is 1.88 bits per heavy atom. The zero-order chi connectivity index (χ0) is 18.5. The molecule has 0 saturated carbocycles. The van der Waals surface area contributed by atoms with Crippen molar-refractivity contribution in [2.45, 2.75) is 10.1 Å². The minimum Gasteiger partial charge on any atom is -0.497 e. The van der Waals surface area contributed by atoms with E-state index in [1.165, 1.54) is 7.11 Å². The molecule has 0 unspecified atom stereocenters. The maximum atomic E-state index is 12.5. The number of nitrogens with zero attached hydrogens (tertiary/aromatic N) is 2. The largest absolute Gasteiger partial charge is 0.497 e. The van der Waals surface area contributed by atoms with Gasteiger partial charge in [-0.25, -0.2) is 4.98 Å². The molecule has 1 heterocycles. The number of ether oxygens (including phenoxy) is 2. The van der Waals surface area contributed by atoms with Crippen LogP contribution >= 0.6 is 11.8 Å². The molecular formula is C19H19N3O3S. The van der Waals surface area contributed by atoms with Crippen molar-refractivity contribution in [1.82, 2.24) is 9.55 Å². The average Bonchev–Trinajstić information content (AvgIpc) is 3.07. The molecule has 6 nitrogen and oxygen atoms in total. The van der Waals surface area contributed by atoms with E-state index in [0.717, 1.165) is 10.1 Å². The van der Waals surface area contributed by atoms with E-state index in [9.17, 15) is 4.79 Å². The molecule has 0 fully saturated rings. The summed E-state index contributed by atoms with van der Waals surface area (Å²) in [6.07, 6.45) is 3.67. The summed E-state index contributed by atoms with van der Waals surface area (Å²) < 4.78 is 12.4. The summed E-state index contributed by atoms with van der Waals surface area (Å²) >= 11 is 1.56. The second-order valence-electron chi connectivity index (χ2n) is 5.47. The van der Waals surface area contributed by atoms with Gasteiger partial charge in [0, 0.05) is 36.1 Å². The number of carbonyl (C=O) groups is 1. The van der Waals surface area contributed by atoms with Gasteiger partial charge >= 0.3 is 0 Å². The molecule has 2 aromatic carbocycles. The maximum Gasteiger partial charge on any atom is 0.259 e. The van der Waals surface area contributed by atoms with Crippen molar-refractivity contribution in [3.05, 3.63) is 60.4 Å². The minimum atomic E-state index is -0.242. The van der Waals surface area contributed by atoms with Crippen LogP contribution in [0, 0.1) is 0 Å². The second kappa shape index (κ2) is 7.97. The van der Waals surface area contributed by atoms with Gasteiger partial charge in [-0.1, -0.05) is 11.8 Å². The molecule has 0 bridgehead atoms. The molecule has 26 heavy (non-hydrogen) atoms. The third kappa shape index (κ3) is 4.00. The van der Waals surface area contributed by atoms with E-state index in [4.69, 9.17) is 9.47 Å². The molecule has 7 heteroatoms. The molecule has 0 atom stereocenters. The molecular weight excluding hydrogens is 350 g/mol. The quantitative estimate of drug-likeness (QED) is 0.715. The van der Waals surface area contributed by atoms with Gasteiger partial charge in [0.25, 0.3) is 5.91 Å². The van der Waals surface area contributed by atoms with E-state index in [0.29, 0.717) is 22.7 Å². The predicted octanol–water partition coefficient (Wildman–Crippen LogP) is 3.84. The fourth-order valence-corrected chi connectivity index (χ4v) is 3.15. The molecule has 0 aliphatic heterocycles. The molecule has 1 aromatic heterocycles. The summed E-state index contributed by atoms with van der Waals surface area (Å²) in [6.45, 7) is 0. The maximum absolute atomic E-state index is 12.5. The summed E-state index contributed by atoms with van der Waals surface area (Å²) in [5.41, 5.74) is 1.15. The molecule has 0 aliphatic rings. The summed E-state index contributed by atoms with van der Waals surface area (Å²) in [5.74, 6) is 0.854. The number of amides is 1. The van der Waals surface area contributed by atoms with Crippen LogP contribution in [0.2, 0.25) is 0 Å². The zero-order valence-corrected chi connectivity index (χ0v) is 15.5. The van der Waals surface area contributed by atoms with Crippen LogP contribution < -0.4 is 14.8 Å². The Kier molecular flexibility index (Phi) is 5.48. The Balaban J connectivity index is 1.71. The highest BCUT2D eigenvalue weighted by Crippen LogP contribution is 2.28. The number of methoxy groups -OCH3 is 2. The van der Waals surface area contributed by atoms with E-state index in [2.05, 4.69) is 10.3 Å². The lowest BCUT2D eigenvalue weighted by Gasteiger charge is -2.11. The SMILES string of the molecule is COc1ccc(C(=O)Nc2ccc(Sc3nccn3C)cc2)c(OC)c1. The summed E-state index contributed by atoms with van der Waals surface area (Å²) in [6, 6.07) is 12.7. The minimum absolute atomic E-state index is 0.242. The highest BCUT2D eigenvalue weighted by atomic mass is 32.2. The van der Waals surface area contributed by atoms with Gasteiger partial charge < -0.3 is 19.4 Å². The van der Waals surface area contributed by atoms with E-state index in [1.807, 2.05) is 42.1 Å². The van der Waals surface area contributed by atoms with E-state index < -0.39 is 0 Å². The standard InChI is InChI=1S/C19H19N3O3S/c1-22-11-10-20-19(22)26-15-7-4-13(5-8-15)21-18(23)16-9-6-14(24-2)12-17(16)25-3/h4-12H,1-3H3,(H,21,23). The molecule has 0 radical (unpaired) electrons. The number of hydrogen-bond acceptors (Lipinski definition) is 5. The van der Waals surface area contributed by atoms with Crippen molar-refractivity contribution in [3.8, 4) is 11.5 Å². The Bertz CT molecular complexity index is 907. The van der Waals surface area contributed by atoms with E-state index >= 15 is 0 Å². The van der Waals surface area contributed by atoms with Gasteiger partial charge in [-0.15, -0.1) is 0 Å². The monoisotopic (exact) mass is 369 g/mol. The first-order valence-corrected chi connectivity index (χ1v) is 8.71. The second-order valence-corrected chi connectivity index (χ2v) is 6.51. The van der Waals surface area contributed by atoms with Crippen LogP contribution in [0.4, 0.5) is 5.69 Å². The fraction of sp³-hybridized carbons (Fsp3) is 0.158. The first-order valence-electron chi connectivity index (χ1n) is 7.89. The van der Waals surface area contributed by atoms with E-state index in [-0.39, 0.29) is 5.91 Å². The Hall–Kier alpha value is -2.93. The molecule has 3 rings (SSSR count). The number of imidazole rings is 1. The van der Waals surface area contributed by atoms with Gasteiger partial charge in [-0.05, 0) is 36.4 Å². The van der Waals surface area contributed by atoms with Gasteiger partial charge in [0.15, 0.2) is 5.16 Å². The summed E-state index contributed by atoms with van der Waals surface area (Å²) in [4.78, 5) is 17.9. The molecule has 0 spiro atoms. The van der Waals surface area contributed by atoms with Crippen molar-refractivity contribution >= 4 is 23.4 Å². The fourth-order valence-electron chi connectivity index (χ4n) is 2.35. The number of aryl methyl sites for hydroxylation is 1. The average molecular weight is 369 g/mol. The van der Waals surface area contributed by atoms with Crippen LogP contribution in [-0.4, -0.2) is 29.7 Å². The van der Waals surface area contributed by atoms with Crippen LogP contribution in [0.3, 0.4) is 0 Å². The Morgan fingerprint density at radius 1 is 1.12 bits per heavy atom. The van der Waals surface area contributed by atoms with Crippen molar-refractivity contribution in [2.75, 3.05) is 19.5 Å². The summed E-state index contributed by atoms with van der Waals surface area (Å²) in [5, 5.41) is 3.79. The topological polar surface area (TPSA) is 65.4 Å². The predicted molar refractivity (Wildman–Crippen MR) is 101 cm³/mol. The van der Waals surface area contributed by atoms with Crippen molar-refractivity contribution in [2.24, 2.45) is 7.05 Å². The number of carbonyl (C=O) groups excluding carboxylic acids is 1. The number of anilines is 1. The molecule has 0 aliphatic carbocycles. The highest BCUT2D eigenvalue weighted by Gasteiger charge is 2.13. The van der Waals surface area contributed by atoms with Crippen molar-refractivity contribution in [1.29, 1.82) is 0 Å². The van der Waals surface area contributed by atoms with Crippen LogP contribution in [0.5, 0.6) is 11.5 Å². The van der Waals surface area contributed by atoms with Crippen LogP contribution in [0.25, 0.3) is 0 Å². The van der Waals surface area contributed by atoms with Crippen molar-refractivity contribution in [3.63, 3.8) is 0 Å². The lowest BCUT2D eigenvalue weighted by molar-refractivity contribution is 0.102. The number of benzene rings is 2. The molecule has 0 saturated heterocycles. The normalized spacial score (nSPS) is 10.4. The number of nitrogens with one attached hydrogen (secondary N) is 1. The van der Waals surface area contributed by atoms with Crippen molar-refractivity contribution < 1.29 is 14.3 Å². The molecule has 1 N–H and O–H groups in total. The molecule has 3 aromatic rings. The number of aromatic nitrogens is 2. The van der Waals surface area contributed by atoms with Crippen LogP contribution in [0.1, 0.15) is 10.4 Å². The Labute approximate surface area is 156 Å². The Morgan fingerprint density at radius 3 is 2.50 bits per heavy atom. The number of hydrogen-bond donors (Lipinski definition) is 1. The van der Waals surface area contributed by atoms with Gasteiger partial charge in [-0.2, -0.15) is 0 Å².